The summed E-state index contributed by atoms with van der Waals surface area (Å²) in [5.74, 6) is -1.38. The number of carbonyl (C=O) groups excluding carboxylic acids is 1. The minimum atomic E-state index is -3.89. The molecule has 0 bridgehead atoms. The summed E-state index contributed by atoms with van der Waals surface area (Å²) < 4.78 is 27.9. The number of amides is 1. The van der Waals surface area contributed by atoms with Crippen molar-refractivity contribution in [3.05, 3.63) is 102 Å². The van der Waals surface area contributed by atoms with E-state index in [1.165, 1.54) is 29.4 Å². The average molecular weight is 618 g/mol. The molecule has 0 unspecified atom stereocenters. The lowest BCUT2D eigenvalue weighted by Crippen LogP contribution is -2.47. The highest BCUT2D eigenvalue weighted by molar-refractivity contribution is 7.89. The molecule has 0 heterocycles. The van der Waals surface area contributed by atoms with Gasteiger partial charge < -0.3 is 20.8 Å². The summed E-state index contributed by atoms with van der Waals surface area (Å²) >= 11 is 0. The molecule has 1 amide bonds. The minimum absolute atomic E-state index is 0.0250. The van der Waals surface area contributed by atoms with E-state index in [2.05, 4.69) is 54.8 Å². The molecule has 0 aromatic heterocycles. The number of hydrogen-bond acceptors (Lipinski definition) is 6. The second-order valence-electron chi connectivity index (χ2n) is 11.6. The van der Waals surface area contributed by atoms with E-state index in [0.29, 0.717) is 16.7 Å². The van der Waals surface area contributed by atoms with Gasteiger partial charge in [-0.3, -0.25) is 9.59 Å². The Morgan fingerprint density at radius 1 is 0.886 bits per heavy atom. The molecular weight excluding hydrogens is 578 g/mol. The molecule has 0 radical (unpaired) electrons. The molecule has 4 N–H and O–H groups in total. The Labute approximate surface area is 258 Å². The summed E-state index contributed by atoms with van der Waals surface area (Å²) in [6.07, 6.45) is -0.359. The van der Waals surface area contributed by atoms with E-state index in [1.54, 1.807) is 42.5 Å². The summed E-state index contributed by atoms with van der Waals surface area (Å²) in [6, 6.07) is 27.7. The molecule has 9 nitrogen and oxygen atoms in total. The molecule has 0 fully saturated rings. The number of likely N-dealkylation sites (N-methyl/N-ethyl adjacent to an activating group) is 1. The minimum Gasteiger partial charge on any atom is -0.481 e. The number of sulfonamides is 1. The molecule has 10 heteroatoms. The number of aliphatic hydroxyl groups is 1. The van der Waals surface area contributed by atoms with Gasteiger partial charge in [0.15, 0.2) is 0 Å². The number of nitrogens with one attached hydrogen (secondary N) is 2. The van der Waals surface area contributed by atoms with Gasteiger partial charge in [0, 0.05) is 37.8 Å². The fourth-order valence-electron chi connectivity index (χ4n) is 4.99. The maximum Gasteiger partial charge on any atom is 0.305 e. The first kappa shape index (κ1) is 32.8. The van der Waals surface area contributed by atoms with Crippen molar-refractivity contribution in [2.75, 3.05) is 26.7 Å². The van der Waals surface area contributed by atoms with Gasteiger partial charge in [-0.1, -0.05) is 66.7 Å². The Morgan fingerprint density at radius 3 is 2.30 bits per heavy atom. The number of benzene rings is 4. The lowest BCUT2D eigenvalue weighted by molar-refractivity contribution is -0.136. The van der Waals surface area contributed by atoms with Crippen LogP contribution >= 0.6 is 0 Å². The highest BCUT2D eigenvalue weighted by atomic mass is 32.2. The number of hydrogen-bond donors (Lipinski definition) is 4. The summed E-state index contributed by atoms with van der Waals surface area (Å²) in [6.45, 7) is 4.27. The molecule has 0 saturated carbocycles. The predicted molar refractivity (Wildman–Crippen MR) is 172 cm³/mol. The third-order valence-corrected chi connectivity index (χ3v) is 9.21. The van der Waals surface area contributed by atoms with Crippen LogP contribution in [0.4, 0.5) is 0 Å². The maximum absolute atomic E-state index is 13.4. The van der Waals surface area contributed by atoms with Crippen LogP contribution in [0.5, 0.6) is 0 Å². The van der Waals surface area contributed by atoms with Crippen LogP contribution < -0.4 is 10.6 Å². The average Bonchev–Trinajstić information content (AvgIpc) is 2.99. The van der Waals surface area contributed by atoms with E-state index in [0.717, 1.165) is 10.7 Å². The van der Waals surface area contributed by atoms with Gasteiger partial charge in [0.2, 0.25) is 10.0 Å². The van der Waals surface area contributed by atoms with Crippen molar-refractivity contribution in [3.8, 4) is 11.1 Å². The van der Waals surface area contributed by atoms with E-state index in [1.807, 2.05) is 12.1 Å². The quantitative estimate of drug-likeness (QED) is 0.166. The van der Waals surface area contributed by atoms with Crippen molar-refractivity contribution in [1.29, 1.82) is 0 Å². The van der Waals surface area contributed by atoms with Gasteiger partial charge in [0.1, 0.15) is 0 Å². The molecule has 0 aliphatic rings. The molecule has 232 valence electrons. The monoisotopic (exact) mass is 617 g/mol. The predicted octanol–water partition coefficient (Wildman–Crippen LogP) is 4.30. The molecule has 44 heavy (non-hydrogen) atoms. The number of carboxylic acid groups (broad SMARTS) is 1. The van der Waals surface area contributed by atoms with Crippen molar-refractivity contribution in [1.82, 2.24) is 14.9 Å². The number of carbonyl (C=O) groups is 2. The molecule has 1 atom stereocenters. The molecule has 0 spiro atoms. The van der Waals surface area contributed by atoms with Crippen LogP contribution in [0.3, 0.4) is 0 Å². The number of nitrogens with zero attached hydrogens (tertiary/aromatic N) is 1. The van der Waals surface area contributed by atoms with E-state index in [9.17, 15) is 23.1 Å². The second-order valence-corrected chi connectivity index (χ2v) is 13.6. The van der Waals surface area contributed by atoms with Crippen molar-refractivity contribution in [2.45, 2.75) is 43.2 Å². The van der Waals surface area contributed by atoms with Crippen LogP contribution in [-0.4, -0.2) is 73.1 Å². The normalized spacial score (nSPS) is 12.8. The molecule has 4 aromatic carbocycles. The molecule has 0 saturated heterocycles. The molecule has 0 aliphatic carbocycles. The summed E-state index contributed by atoms with van der Waals surface area (Å²) in [7, 11) is -2.45. The van der Waals surface area contributed by atoms with Gasteiger partial charge in [-0.25, -0.2) is 8.42 Å². The third kappa shape index (κ3) is 8.73. The fourth-order valence-corrected chi connectivity index (χ4v) is 6.24. The Bertz CT molecular complexity index is 1720. The number of aliphatic hydroxyl groups excluding tert-OH is 1. The molecule has 4 rings (SSSR count). The van der Waals surface area contributed by atoms with Crippen molar-refractivity contribution < 1.29 is 28.2 Å². The Kier molecular flexibility index (Phi) is 10.5. The Morgan fingerprint density at radius 2 is 1.59 bits per heavy atom. The van der Waals surface area contributed by atoms with Crippen LogP contribution in [-0.2, 0) is 21.2 Å². The zero-order valence-corrected chi connectivity index (χ0v) is 26.0. The number of rotatable bonds is 14. The number of fused-ring (bicyclic) bond motifs is 1. The zero-order valence-electron chi connectivity index (χ0n) is 25.2. The highest BCUT2D eigenvalue weighted by Gasteiger charge is 2.25. The SMILES string of the molecule is CN(C[C@H](O)CNC(C)(C)Cc1ccc2ccccc2c1)S(=O)(=O)c1cccc(-c2ccc(C(=O)NCCC(=O)O)cc2)c1. The zero-order chi connectivity index (χ0) is 31.9. The van der Waals surface area contributed by atoms with E-state index in [-0.39, 0.29) is 42.4 Å². The number of carboxylic acids is 1. The lowest BCUT2D eigenvalue weighted by atomic mass is 9.93. The van der Waals surface area contributed by atoms with Crippen LogP contribution in [0.15, 0.2) is 95.9 Å². The standard InChI is InChI=1S/C34H39N3O6S/c1-34(2,21-24-11-12-25-7-4-5-8-28(25)19-24)36-22-30(38)23-37(3)44(42,43)31-10-6-9-29(20-31)26-13-15-27(16-14-26)33(41)35-18-17-32(39)40/h4-16,19-20,30,36,38H,17-18,21-23H2,1-3H3,(H,35,41)(H,39,40)/t30-/m1/s1. The summed E-state index contributed by atoms with van der Waals surface area (Å²) in [5.41, 5.74) is 2.57. The van der Waals surface area contributed by atoms with Gasteiger partial charge in [-0.2, -0.15) is 4.31 Å². The van der Waals surface area contributed by atoms with Gasteiger partial charge in [0.25, 0.3) is 5.91 Å². The van der Waals surface area contributed by atoms with Crippen LogP contribution in [0, 0.1) is 0 Å². The number of aliphatic carboxylic acids is 1. The third-order valence-electron chi connectivity index (χ3n) is 7.39. The van der Waals surface area contributed by atoms with Crippen LogP contribution in [0.1, 0.15) is 36.2 Å². The summed E-state index contributed by atoms with van der Waals surface area (Å²) in [5, 5.41) is 27.8. The Hall–Kier alpha value is -4.09. The highest BCUT2D eigenvalue weighted by Crippen LogP contribution is 2.25. The maximum atomic E-state index is 13.4. The number of β-amino-alcohol motifs (C(OH)–C–C–N with tert-alkyl or cyclic N) is 1. The smallest absolute Gasteiger partial charge is 0.305 e. The van der Waals surface area contributed by atoms with E-state index in [4.69, 9.17) is 5.11 Å². The molecule has 4 aromatic rings. The van der Waals surface area contributed by atoms with Crippen molar-refractivity contribution in [3.63, 3.8) is 0 Å². The van der Waals surface area contributed by atoms with Crippen molar-refractivity contribution >= 4 is 32.7 Å². The van der Waals surface area contributed by atoms with Crippen LogP contribution in [0.25, 0.3) is 21.9 Å². The molecule has 0 aliphatic heterocycles. The topological polar surface area (TPSA) is 136 Å². The van der Waals surface area contributed by atoms with Crippen molar-refractivity contribution in [2.24, 2.45) is 0 Å². The largest absolute Gasteiger partial charge is 0.481 e. The lowest BCUT2D eigenvalue weighted by Gasteiger charge is -2.29. The molecular formula is C34H39N3O6S. The van der Waals surface area contributed by atoms with Gasteiger partial charge in [0.05, 0.1) is 17.4 Å². The first-order valence-electron chi connectivity index (χ1n) is 14.4. The fraction of sp³-hybridized carbons (Fsp3) is 0.294. The van der Waals surface area contributed by atoms with Gasteiger partial charge >= 0.3 is 5.97 Å². The Balaban J connectivity index is 1.34. The van der Waals surface area contributed by atoms with E-state index < -0.39 is 22.1 Å². The van der Waals surface area contributed by atoms with Crippen LogP contribution in [0.2, 0.25) is 0 Å². The second kappa shape index (κ2) is 14.1. The van der Waals surface area contributed by atoms with Gasteiger partial charge in [-0.05, 0) is 72.0 Å². The van der Waals surface area contributed by atoms with E-state index >= 15 is 0 Å². The first-order chi connectivity index (χ1) is 20.8. The first-order valence-corrected chi connectivity index (χ1v) is 15.9. The van der Waals surface area contributed by atoms with Gasteiger partial charge in [-0.15, -0.1) is 0 Å². The summed E-state index contributed by atoms with van der Waals surface area (Å²) in [4.78, 5) is 23.0.